The Morgan fingerprint density at radius 1 is 0.941 bits per heavy atom. The number of thioether (sulfide) groups is 1. The van der Waals surface area contributed by atoms with Crippen molar-refractivity contribution in [2.24, 2.45) is 0 Å². The van der Waals surface area contributed by atoms with Crippen LogP contribution >= 0.6 is 11.8 Å². The van der Waals surface area contributed by atoms with E-state index in [0.29, 0.717) is 0 Å². The van der Waals surface area contributed by atoms with Crippen molar-refractivity contribution in [1.29, 1.82) is 0 Å². The molecule has 0 aliphatic carbocycles. The highest BCUT2D eigenvalue weighted by Gasteiger charge is 2.51. The first-order valence-corrected chi connectivity index (χ1v) is 14.0. The van der Waals surface area contributed by atoms with Crippen LogP contribution in [0.25, 0.3) is 0 Å². The summed E-state index contributed by atoms with van der Waals surface area (Å²) >= 11 is 1.15. The quantitative estimate of drug-likeness (QED) is 0.227. The Balaban J connectivity index is 1.96. The fraction of sp³-hybridized carbons (Fsp3) is 0.360. The van der Waals surface area contributed by atoms with E-state index in [2.05, 4.69) is 55.0 Å². The summed E-state index contributed by atoms with van der Waals surface area (Å²) in [7, 11) is -2.86. The lowest BCUT2D eigenvalue weighted by Crippen LogP contribution is -2.67. The van der Waals surface area contributed by atoms with Crippen LogP contribution in [-0.4, -0.2) is 37.3 Å². The van der Waals surface area contributed by atoms with Crippen LogP contribution in [0.2, 0.25) is 5.04 Å². The van der Waals surface area contributed by atoms with Gasteiger partial charge < -0.3 is 9.16 Å². The molecule has 1 atom stereocenters. The van der Waals surface area contributed by atoms with Crippen LogP contribution in [-0.2, 0) is 10.6 Å². The lowest BCUT2D eigenvalue weighted by Gasteiger charge is -2.44. The second-order valence-electron chi connectivity index (χ2n) is 8.98. The molecule has 0 saturated heterocycles. The summed E-state index contributed by atoms with van der Waals surface area (Å²) in [5.41, 5.74) is -0.997. The molecule has 0 unspecified atom stereocenters. The van der Waals surface area contributed by atoms with E-state index in [9.17, 15) is 13.2 Å². The van der Waals surface area contributed by atoms with E-state index in [1.165, 1.54) is 0 Å². The van der Waals surface area contributed by atoms with Gasteiger partial charge in [0.2, 0.25) is 5.88 Å². The summed E-state index contributed by atoms with van der Waals surface area (Å²) in [6, 6.07) is 20.1. The number of hydrogen-bond donors (Lipinski definition) is 0. The van der Waals surface area contributed by atoms with Gasteiger partial charge >= 0.3 is 6.18 Å². The fourth-order valence-electron chi connectivity index (χ4n) is 3.98. The zero-order valence-electron chi connectivity index (χ0n) is 19.9. The van der Waals surface area contributed by atoms with Crippen LogP contribution in [0.15, 0.2) is 72.0 Å². The monoisotopic (exact) mass is 506 g/mol. The Bertz CT molecular complexity index is 1040. The van der Waals surface area contributed by atoms with Gasteiger partial charge in [0.25, 0.3) is 8.32 Å². The lowest BCUT2D eigenvalue weighted by molar-refractivity contribution is -0.139. The van der Waals surface area contributed by atoms with Gasteiger partial charge in [-0.15, -0.1) is 0 Å². The molecule has 0 radical (unpaired) electrons. The number of aromatic nitrogens is 2. The van der Waals surface area contributed by atoms with Gasteiger partial charge in [-0.2, -0.15) is 18.2 Å². The van der Waals surface area contributed by atoms with Crippen LogP contribution in [0, 0.1) is 0 Å². The SMILES string of the molecule is CSc1ncc(C(F)(F)F)c(OC[C@@H](C)O[Si](c2ccccc2)(c2ccccc2)C(C)(C)C)n1. The second kappa shape index (κ2) is 10.5. The summed E-state index contributed by atoms with van der Waals surface area (Å²) in [5.74, 6) is -0.482. The number of benzene rings is 2. The molecule has 3 aromatic rings. The topological polar surface area (TPSA) is 44.2 Å². The van der Waals surface area contributed by atoms with Crippen LogP contribution < -0.4 is 15.1 Å². The van der Waals surface area contributed by atoms with Crippen molar-refractivity contribution in [2.45, 2.75) is 50.2 Å². The number of nitrogens with zero attached hydrogens (tertiary/aromatic N) is 2. The molecule has 0 bridgehead atoms. The van der Waals surface area contributed by atoms with Crippen molar-refractivity contribution >= 4 is 30.5 Å². The minimum atomic E-state index is -4.62. The minimum Gasteiger partial charge on any atom is -0.474 e. The first-order valence-electron chi connectivity index (χ1n) is 10.9. The molecule has 34 heavy (non-hydrogen) atoms. The maximum absolute atomic E-state index is 13.5. The number of rotatable bonds is 8. The van der Waals surface area contributed by atoms with Gasteiger partial charge in [-0.05, 0) is 28.6 Å². The Labute approximate surface area is 204 Å². The molecule has 9 heteroatoms. The highest BCUT2D eigenvalue weighted by molar-refractivity contribution is 7.98. The van der Waals surface area contributed by atoms with Crippen molar-refractivity contribution in [1.82, 2.24) is 9.97 Å². The van der Waals surface area contributed by atoms with Crippen molar-refractivity contribution in [3.63, 3.8) is 0 Å². The predicted octanol–water partition coefficient (Wildman–Crippen LogP) is 5.56. The third-order valence-corrected chi connectivity index (χ3v) is 11.2. The molecule has 0 N–H and O–H groups in total. The molecule has 1 aromatic heterocycles. The molecule has 0 fully saturated rings. The molecule has 0 spiro atoms. The van der Waals surface area contributed by atoms with Crippen molar-refractivity contribution < 1.29 is 22.3 Å². The molecular weight excluding hydrogens is 477 g/mol. The van der Waals surface area contributed by atoms with E-state index < -0.39 is 32.0 Å². The highest BCUT2D eigenvalue weighted by Crippen LogP contribution is 2.38. The van der Waals surface area contributed by atoms with Gasteiger partial charge in [0.15, 0.2) is 5.16 Å². The molecule has 3 rings (SSSR count). The summed E-state index contributed by atoms with van der Waals surface area (Å²) in [4.78, 5) is 7.71. The predicted molar refractivity (Wildman–Crippen MR) is 132 cm³/mol. The molecule has 0 saturated carbocycles. The number of ether oxygens (including phenoxy) is 1. The molecule has 0 amide bonds. The summed E-state index contributed by atoms with van der Waals surface area (Å²) in [6.45, 7) is 8.17. The number of alkyl halides is 3. The average Bonchev–Trinajstić information content (AvgIpc) is 2.80. The largest absolute Gasteiger partial charge is 0.474 e. The van der Waals surface area contributed by atoms with Gasteiger partial charge in [-0.1, -0.05) is 93.2 Å². The molecule has 2 aromatic carbocycles. The Morgan fingerprint density at radius 3 is 1.91 bits per heavy atom. The van der Waals surface area contributed by atoms with E-state index in [0.717, 1.165) is 28.3 Å². The Hall–Kier alpha value is -2.36. The van der Waals surface area contributed by atoms with E-state index >= 15 is 0 Å². The molecule has 0 aliphatic heterocycles. The van der Waals surface area contributed by atoms with Gasteiger partial charge in [-0.3, -0.25) is 0 Å². The van der Waals surface area contributed by atoms with Gasteiger partial charge in [-0.25, -0.2) is 4.98 Å². The third kappa shape index (κ3) is 5.64. The van der Waals surface area contributed by atoms with Gasteiger partial charge in [0.05, 0.1) is 6.10 Å². The van der Waals surface area contributed by atoms with E-state index in [4.69, 9.17) is 9.16 Å². The maximum atomic E-state index is 13.5. The molecule has 1 heterocycles. The van der Waals surface area contributed by atoms with E-state index in [1.54, 1.807) is 6.26 Å². The van der Waals surface area contributed by atoms with E-state index in [1.807, 2.05) is 43.3 Å². The normalized spacial score (nSPS) is 13.5. The fourth-order valence-corrected chi connectivity index (χ4v) is 9.00. The van der Waals surface area contributed by atoms with Crippen LogP contribution in [0.1, 0.15) is 33.3 Å². The first-order chi connectivity index (χ1) is 16.0. The van der Waals surface area contributed by atoms with Crippen molar-refractivity contribution in [2.75, 3.05) is 12.9 Å². The highest BCUT2D eigenvalue weighted by atomic mass is 32.2. The number of halogens is 3. The average molecular weight is 507 g/mol. The summed E-state index contributed by atoms with van der Waals surface area (Å²) < 4.78 is 52.9. The summed E-state index contributed by atoms with van der Waals surface area (Å²) in [5, 5.41) is 2.12. The van der Waals surface area contributed by atoms with Crippen molar-refractivity contribution in [3.8, 4) is 5.88 Å². The van der Waals surface area contributed by atoms with Gasteiger partial charge in [0, 0.05) is 6.20 Å². The molecule has 182 valence electrons. The van der Waals surface area contributed by atoms with Crippen LogP contribution in [0.3, 0.4) is 0 Å². The molecule has 4 nitrogen and oxygen atoms in total. The molecule has 0 aliphatic rings. The zero-order chi connectivity index (χ0) is 25.0. The zero-order valence-corrected chi connectivity index (χ0v) is 21.7. The standard InChI is InChI=1S/C25H29F3N2O2SSi/c1-18(17-31-22-21(25(26,27)28)16-29-23(30-22)33-5)32-34(24(2,3)4,19-12-8-6-9-13-19)20-14-10-7-11-15-20/h6-16,18H,17H2,1-5H3/t18-/m1/s1. The Morgan fingerprint density at radius 2 is 1.47 bits per heavy atom. The van der Waals surface area contributed by atoms with Gasteiger partial charge in [0.1, 0.15) is 12.2 Å². The summed E-state index contributed by atoms with van der Waals surface area (Å²) in [6.07, 6.45) is -2.66. The van der Waals surface area contributed by atoms with Crippen LogP contribution in [0.4, 0.5) is 13.2 Å². The lowest BCUT2D eigenvalue weighted by atomic mass is 10.2. The van der Waals surface area contributed by atoms with E-state index in [-0.39, 0.29) is 16.8 Å². The second-order valence-corrected chi connectivity index (χ2v) is 14.0. The molecular formula is C25H29F3N2O2SSi. The first kappa shape index (κ1) is 26.2. The van der Waals surface area contributed by atoms with Crippen molar-refractivity contribution in [3.05, 3.63) is 72.4 Å². The Kier molecular flexibility index (Phi) is 8.10. The minimum absolute atomic E-state index is 0.0849. The number of hydrogen-bond acceptors (Lipinski definition) is 5. The van der Waals surface area contributed by atoms with Crippen LogP contribution in [0.5, 0.6) is 5.88 Å². The smallest absolute Gasteiger partial charge is 0.423 e. The third-order valence-electron chi connectivity index (χ3n) is 5.47. The maximum Gasteiger partial charge on any atom is 0.423 e.